The molecular formula is C32H43F3N8U. The minimum atomic E-state index is -4.51. The van der Waals surface area contributed by atoms with Crippen molar-refractivity contribution in [3.63, 3.8) is 0 Å². The zero-order valence-electron chi connectivity index (χ0n) is 26.0. The van der Waals surface area contributed by atoms with Gasteiger partial charge in [0, 0.05) is 37.7 Å². The molecule has 0 radical (unpaired) electrons. The van der Waals surface area contributed by atoms with Gasteiger partial charge in [-0.25, -0.2) is 4.98 Å². The van der Waals surface area contributed by atoms with Crippen molar-refractivity contribution in [1.82, 2.24) is 24.8 Å². The maximum Gasteiger partial charge on any atom is 2.00 e. The minimum absolute atomic E-state index is 0. The predicted molar refractivity (Wildman–Crippen MR) is 163 cm³/mol. The van der Waals surface area contributed by atoms with E-state index in [-0.39, 0.29) is 54.1 Å². The molecule has 2 atom stereocenters. The summed E-state index contributed by atoms with van der Waals surface area (Å²) >= 11 is 0. The number of amidine groups is 1. The predicted octanol–water partition coefficient (Wildman–Crippen LogP) is 5.08. The maximum atomic E-state index is 13.9. The largest absolute Gasteiger partial charge is 2.00 e. The number of hydrogen-bond acceptors (Lipinski definition) is 7. The standard InChI is InChI=1S/C24H29F3N7.C8H14N.U/c1-5-20(29)34-10-15(11-34)9-33(4)23-17-6-13(2)16(8-18(17)30-12-31-23)22-21(24(25,26)27)14(3)7-19(28)32-22;1-8-4-2-6-9(8)7-3-5-8;/h5,7,13,15-16,29H,1,6,8-11H2,2-4H3,(H2,28,32);1-7H2;/q2*-1;+2. The Kier molecular flexibility index (Phi) is 10.8. The third-order valence-corrected chi connectivity index (χ3v) is 9.68. The molecular weight excluding hydrogens is 791 g/mol. The van der Waals surface area contributed by atoms with Gasteiger partial charge in [-0.1, -0.05) is 37.6 Å². The molecule has 4 aliphatic rings. The molecule has 3 N–H and O–H groups in total. The molecule has 0 saturated carbocycles. The number of nitrogens with one attached hydrogen (secondary N) is 1. The van der Waals surface area contributed by atoms with E-state index in [4.69, 9.17) is 11.1 Å². The summed E-state index contributed by atoms with van der Waals surface area (Å²) in [6, 6.07) is 1.27. The van der Waals surface area contributed by atoms with Gasteiger partial charge in [-0.05, 0) is 82.3 Å². The van der Waals surface area contributed by atoms with Crippen LogP contribution in [0.1, 0.15) is 66.6 Å². The summed E-state index contributed by atoms with van der Waals surface area (Å²) in [5.74, 6) is 1.10. The molecule has 0 amide bonds. The Morgan fingerprint density at radius 1 is 1.25 bits per heavy atom. The zero-order valence-corrected chi connectivity index (χ0v) is 30.1. The van der Waals surface area contributed by atoms with Crippen molar-refractivity contribution in [2.24, 2.45) is 11.8 Å². The van der Waals surface area contributed by atoms with E-state index in [0.717, 1.165) is 31.0 Å². The molecule has 6 rings (SSSR count). The molecule has 3 fully saturated rings. The number of nitrogens with two attached hydrogens (primary N) is 1. The van der Waals surface area contributed by atoms with Crippen molar-refractivity contribution < 1.29 is 44.3 Å². The van der Waals surface area contributed by atoms with Gasteiger partial charge >= 0.3 is 37.3 Å². The van der Waals surface area contributed by atoms with E-state index >= 15 is 0 Å². The molecule has 0 aromatic carbocycles. The van der Waals surface area contributed by atoms with Gasteiger partial charge in [0.1, 0.15) is 11.7 Å². The van der Waals surface area contributed by atoms with Crippen LogP contribution in [0.3, 0.4) is 0 Å². The molecule has 3 saturated heterocycles. The van der Waals surface area contributed by atoms with Crippen LogP contribution in [0.4, 0.5) is 24.8 Å². The first kappa shape index (κ1) is 34.7. The van der Waals surface area contributed by atoms with Crippen molar-refractivity contribution in [3.05, 3.63) is 60.1 Å². The molecule has 0 spiro atoms. The number of nitrogens with zero attached hydrogens (tertiary/aromatic N) is 6. The normalized spacial score (nSPS) is 22.6. The topological polar surface area (TPSA) is 98.3 Å². The van der Waals surface area contributed by atoms with Crippen molar-refractivity contribution in [2.45, 2.75) is 70.0 Å². The third kappa shape index (κ3) is 7.13. The number of anilines is 2. The van der Waals surface area contributed by atoms with E-state index < -0.39 is 17.7 Å². The number of aromatic nitrogens is 3. The summed E-state index contributed by atoms with van der Waals surface area (Å²) in [5, 5.41) is 7.83. The SMILES string of the molecule is C=CC(=N)N1CC(CN(C)c2n[c-]nc3c2CC(C)C(c2nc(N)cc(C)c2C(F)(F)F)C3)C1.[CH2-]C12CCCN1CCC2.[U+2]. The van der Waals surface area contributed by atoms with Crippen LogP contribution in [0.25, 0.3) is 0 Å². The number of fused-ring (bicyclic) bond motifs is 2. The van der Waals surface area contributed by atoms with Crippen LogP contribution in [0.5, 0.6) is 0 Å². The minimum Gasteiger partial charge on any atom is -0.411 e. The molecule has 2 aromatic rings. The molecule has 5 heterocycles. The Morgan fingerprint density at radius 3 is 2.50 bits per heavy atom. The fourth-order valence-corrected chi connectivity index (χ4v) is 7.40. The Bertz CT molecular complexity index is 1350. The molecule has 44 heavy (non-hydrogen) atoms. The first-order valence-corrected chi connectivity index (χ1v) is 15.2. The fraction of sp³-hybridized carbons (Fsp3) is 0.594. The number of halogens is 3. The number of aryl methyl sites for hydroxylation is 1. The van der Waals surface area contributed by atoms with Gasteiger partial charge in [-0.15, -0.1) is 5.54 Å². The van der Waals surface area contributed by atoms with Crippen LogP contribution in [0.15, 0.2) is 18.7 Å². The average molecular weight is 835 g/mol. The molecule has 3 aliphatic heterocycles. The van der Waals surface area contributed by atoms with Crippen LogP contribution in [0.2, 0.25) is 0 Å². The van der Waals surface area contributed by atoms with E-state index in [1.165, 1.54) is 57.8 Å². The fourth-order valence-electron chi connectivity index (χ4n) is 7.40. The Labute approximate surface area is 283 Å². The van der Waals surface area contributed by atoms with Crippen LogP contribution >= 0.6 is 0 Å². The smallest absolute Gasteiger partial charge is 0.411 e. The van der Waals surface area contributed by atoms with Gasteiger partial charge in [-0.2, -0.15) is 13.2 Å². The summed E-state index contributed by atoms with van der Waals surface area (Å²) in [6.45, 7) is 16.2. The van der Waals surface area contributed by atoms with Crippen LogP contribution < -0.4 is 10.6 Å². The van der Waals surface area contributed by atoms with Crippen molar-refractivity contribution in [1.29, 1.82) is 5.41 Å². The van der Waals surface area contributed by atoms with E-state index in [0.29, 0.717) is 35.8 Å². The molecule has 12 heteroatoms. The van der Waals surface area contributed by atoms with E-state index in [1.54, 1.807) is 0 Å². The molecule has 0 bridgehead atoms. The van der Waals surface area contributed by atoms with Gasteiger partial charge in [0.15, 0.2) is 0 Å². The Balaban J connectivity index is 0.000000375. The first-order valence-electron chi connectivity index (χ1n) is 15.2. The molecule has 2 unspecified atom stereocenters. The number of hydrogen-bond donors (Lipinski definition) is 2. The van der Waals surface area contributed by atoms with Crippen LogP contribution in [0, 0.1) is 68.5 Å². The second kappa shape index (κ2) is 13.7. The Morgan fingerprint density at radius 2 is 1.91 bits per heavy atom. The third-order valence-electron chi connectivity index (χ3n) is 9.68. The summed E-state index contributed by atoms with van der Waals surface area (Å²) < 4.78 is 41.7. The number of likely N-dealkylation sites (tertiary alicyclic amines) is 1. The van der Waals surface area contributed by atoms with E-state index in [9.17, 15) is 13.2 Å². The van der Waals surface area contributed by atoms with E-state index in [2.05, 4.69) is 44.6 Å². The monoisotopic (exact) mass is 834 g/mol. The summed E-state index contributed by atoms with van der Waals surface area (Å²) in [7, 11) is 1.96. The molecule has 8 nitrogen and oxygen atoms in total. The number of pyridine rings is 1. The van der Waals surface area contributed by atoms with Crippen molar-refractivity contribution >= 4 is 17.5 Å². The van der Waals surface area contributed by atoms with Crippen LogP contribution in [-0.4, -0.2) is 75.9 Å². The van der Waals surface area contributed by atoms with Gasteiger partial charge in [0.05, 0.1) is 11.3 Å². The van der Waals surface area contributed by atoms with Gasteiger partial charge < -0.3 is 37.3 Å². The van der Waals surface area contributed by atoms with E-state index in [1.807, 2.05) is 18.9 Å². The summed E-state index contributed by atoms with van der Waals surface area (Å²) in [5.41, 5.74) is 7.28. The van der Waals surface area contributed by atoms with Crippen molar-refractivity contribution in [2.75, 3.05) is 50.4 Å². The summed E-state index contributed by atoms with van der Waals surface area (Å²) in [6.07, 6.45) is 6.03. The molecule has 1 aliphatic carbocycles. The quantitative estimate of drug-likeness (QED) is 0.247. The second-order valence-corrected chi connectivity index (χ2v) is 12.8. The number of alkyl halides is 3. The van der Waals surface area contributed by atoms with Gasteiger partial charge in [-0.3, -0.25) is 5.41 Å². The van der Waals surface area contributed by atoms with Gasteiger partial charge in [0.2, 0.25) is 0 Å². The van der Waals surface area contributed by atoms with Crippen molar-refractivity contribution in [3.8, 4) is 0 Å². The number of rotatable bonds is 5. The molecule has 236 valence electrons. The average Bonchev–Trinajstić information content (AvgIpc) is 3.46. The first-order chi connectivity index (χ1) is 20.3. The number of nitrogen functional groups attached to an aromatic ring is 1. The molecule has 2 aromatic heterocycles. The zero-order chi connectivity index (χ0) is 31.1. The van der Waals surface area contributed by atoms with Gasteiger partial charge in [0.25, 0.3) is 0 Å². The maximum absolute atomic E-state index is 13.9. The Hall–Kier alpha value is -2.16. The second-order valence-electron chi connectivity index (χ2n) is 12.8. The van der Waals surface area contributed by atoms with Crippen LogP contribution in [-0.2, 0) is 19.0 Å². The summed E-state index contributed by atoms with van der Waals surface area (Å²) in [4.78, 5) is 19.4.